The van der Waals surface area contributed by atoms with E-state index in [-0.39, 0.29) is 18.2 Å². The fourth-order valence-corrected chi connectivity index (χ4v) is 4.00. The van der Waals surface area contributed by atoms with E-state index >= 15 is 0 Å². The molecule has 3 aromatic rings. The predicted octanol–water partition coefficient (Wildman–Crippen LogP) is 4.01. The van der Waals surface area contributed by atoms with Crippen LogP contribution in [0.25, 0.3) is 22.2 Å². The Morgan fingerprint density at radius 3 is 2.83 bits per heavy atom. The van der Waals surface area contributed by atoms with Crippen molar-refractivity contribution >= 4 is 22.8 Å². The first-order valence-electron chi connectivity index (χ1n) is 9.93. The molecule has 1 N–H and O–H groups in total. The largest absolute Gasteiger partial charge is 0.481 e. The molecule has 1 aliphatic heterocycles. The van der Waals surface area contributed by atoms with Crippen molar-refractivity contribution in [3.8, 4) is 11.3 Å². The van der Waals surface area contributed by atoms with Gasteiger partial charge in [0.25, 0.3) is 5.91 Å². The van der Waals surface area contributed by atoms with Crippen LogP contribution in [0.4, 0.5) is 0 Å². The summed E-state index contributed by atoms with van der Waals surface area (Å²) < 4.78 is 0. The Morgan fingerprint density at radius 2 is 2.03 bits per heavy atom. The van der Waals surface area contributed by atoms with Gasteiger partial charge in [0.15, 0.2) is 0 Å². The minimum absolute atomic E-state index is 0.0197. The summed E-state index contributed by atoms with van der Waals surface area (Å²) >= 11 is 0. The number of pyridine rings is 2. The fraction of sp³-hybridized carbons (Fsp3) is 0.304. The molecule has 29 heavy (non-hydrogen) atoms. The molecule has 1 aromatic carbocycles. The average Bonchev–Trinajstić information content (AvgIpc) is 2.77. The van der Waals surface area contributed by atoms with Crippen molar-refractivity contribution in [3.63, 3.8) is 0 Å². The van der Waals surface area contributed by atoms with Crippen LogP contribution in [0.3, 0.4) is 0 Å². The average molecular weight is 389 g/mol. The lowest BCUT2D eigenvalue weighted by molar-refractivity contribution is -0.137. The lowest BCUT2D eigenvalue weighted by atomic mass is 9.92. The summed E-state index contributed by atoms with van der Waals surface area (Å²) in [5.41, 5.74) is 3.00. The molecule has 1 atom stereocenters. The van der Waals surface area contributed by atoms with Crippen molar-refractivity contribution in [2.45, 2.75) is 25.7 Å². The number of hydrogen-bond acceptors (Lipinski definition) is 4. The number of rotatable bonds is 5. The molecule has 0 spiro atoms. The van der Waals surface area contributed by atoms with Crippen LogP contribution in [0.5, 0.6) is 0 Å². The van der Waals surface area contributed by atoms with Crippen LogP contribution in [-0.4, -0.2) is 44.9 Å². The Labute approximate surface area is 169 Å². The number of benzene rings is 1. The Balaban J connectivity index is 1.67. The second-order valence-corrected chi connectivity index (χ2v) is 7.51. The number of piperidine rings is 1. The standard InChI is InChI=1S/C23H23N3O3/c27-22(28)10-9-16-5-4-12-26(15-16)23(29)19-13-21(17-6-3-11-24-14-17)25-20-8-2-1-7-18(19)20/h1-3,6-8,11,13-14,16H,4-5,9-10,12,15H2,(H,27,28). The summed E-state index contributed by atoms with van der Waals surface area (Å²) in [5.74, 6) is -0.571. The van der Waals surface area contributed by atoms with Crippen LogP contribution in [-0.2, 0) is 4.79 Å². The van der Waals surface area contributed by atoms with Crippen LogP contribution >= 0.6 is 0 Å². The number of para-hydroxylation sites is 1. The zero-order valence-corrected chi connectivity index (χ0v) is 16.1. The molecule has 148 valence electrons. The number of carbonyl (C=O) groups excluding carboxylic acids is 1. The van der Waals surface area contributed by atoms with Gasteiger partial charge >= 0.3 is 5.97 Å². The highest BCUT2D eigenvalue weighted by Gasteiger charge is 2.26. The van der Waals surface area contributed by atoms with Gasteiger partial charge in [-0.2, -0.15) is 0 Å². The van der Waals surface area contributed by atoms with E-state index in [1.807, 2.05) is 47.4 Å². The Bertz CT molecular complexity index is 1040. The summed E-state index contributed by atoms with van der Waals surface area (Å²) in [6.45, 7) is 1.30. The van der Waals surface area contributed by atoms with E-state index in [0.29, 0.717) is 25.1 Å². The van der Waals surface area contributed by atoms with Crippen LogP contribution in [0.15, 0.2) is 54.9 Å². The molecule has 0 saturated carbocycles. The zero-order chi connectivity index (χ0) is 20.2. The smallest absolute Gasteiger partial charge is 0.303 e. The first kappa shape index (κ1) is 19.1. The number of hydrogen-bond donors (Lipinski definition) is 1. The maximum absolute atomic E-state index is 13.4. The number of aromatic nitrogens is 2. The quantitative estimate of drug-likeness (QED) is 0.713. The lowest BCUT2D eigenvalue weighted by Crippen LogP contribution is -2.40. The number of carboxylic acids is 1. The van der Waals surface area contributed by atoms with E-state index in [0.717, 1.165) is 35.0 Å². The summed E-state index contributed by atoms with van der Waals surface area (Å²) in [5, 5.41) is 9.79. The molecular formula is C23H23N3O3. The minimum Gasteiger partial charge on any atom is -0.481 e. The number of likely N-dealkylation sites (tertiary alicyclic amines) is 1. The third kappa shape index (κ3) is 4.26. The number of carbonyl (C=O) groups is 2. The molecule has 0 bridgehead atoms. The van der Waals surface area contributed by atoms with Crippen molar-refractivity contribution in [2.75, 3.05) is 13.1 Å². The van der Waals surface area contributed by atoms with Crippen LogP contribution < -0.4 is 0 Å². The first-order valence-corrected chi connectivity index (χ1v) is 9.93. The molecule has 6 heteroatoms. The van der Waals surface area contributed by atoms with Crippen molar-refractivity contribution in [1.82, 2.24) is 14.9 Å². The molecule has 1 saturated heterocycles. The van der Waals surface area contributed by atoms with E-state index in [2.05, 4.69) is 4.98 Å². The maximum atomic E-state index is 13.4. The summed E-state index contributed by atoms with van der Waals surface area (Å²) in [4.78, 5) is 35.1. The zero-order valence-electron chi connectivity index (χ0n) is 16.1. The summed E-state index contributed by atoms with van der Waals surface area (Å²) in [7, 11) is 0. The molecule has 6 nitrogen and oxygen atoms in total. The molecule has 1 fully saturated rings. The van der Waals surface area contributed by atoms with Gasteiger partial charge in [-0.25, -0.2) is 4.98 Å². The molecule has 1 amide bonds. The maximum Gasteiger partial charge on any atom is 0.303 e. The highest BCUT2D eigenvalue weighted by Crippen LogP contribution is 2.28. The third-order valence-electron chi connectivity index (χ3n) is 5.48. The van der Waals surface area contributed by atoms with Gasteiger partial charge in [-0.3, -0.25) is 14.6 Å². The topological polar surface area (TPSA) is 83.4 Å². The summed E-state index contributed by atoms with van der Waals surface area (Å²) in [6.07, 6.45) is 6.08. The van der Waals surface area contributed by atoms with Crippen molar-refractivity contribution in [1.29, 1.82) is 0 Å². The van der Waals surface area contributed by atoms with Crippen LogP contribution in [0.1, 0.15) is 36.0 Å². The monoisotopic (exact) mass is 389 g/mol. The molecule has 1 aliphatic rings. The van der Waals surface area contributed by atoms with Gasteiger partial charge in [0, 0.05) is 42.9 Å². The molecular weight excluding hydrogens is 366 g/mol. The molecule has 0 radical (unpaired) electrons. The first-order chi connectivity index (χ1) is 14.1. The van der Waals surface area contributed by atoms with Crippen molar-refractivity contribution in [3.05, 3.63) is 60.4 Å². The van der Waals surface area contributed by atoms with Crippen LogP contribution in [0.2, 0.25) is 0 Å². The SMILES string of the molecule is O=C(O)CCC1CCCN(C(=O)c2cc(-c3cccnc3)nc3ccccc23)C1. The number of nitrogens with zero attached hydrogens (tertiary/aromatic N) is 3. The minimum atomic E-state index is -0.783. The van der Waals surface area contributed by atoms with Gasteiger partial charge in [0.05, 0.1) is 16.8 Å². The second-order valence-electron chi connectivity index (χ2n) is 7.51. The Morgan fingerprint density at radius 1 is 1.17 bits per heavy atom. The number of carboxylic acid groups (broad SMARTS) is 1. The predicted molar refractivity (Wildman–Crippen MR) is 110 cm³/mol. The lowest BCUT2D eigenvalue weighted by Gasteiger charge is -2.33. The third-order valence-corrected chi connectivity index (χ3v) is 5.48. The van der Waals surface area contributed by atoms with E-state index in [1.165, 1.54) is 0 Å². The van der Waals surface area contributed by atoms with E-state index in [9.17, 15) is 9.59 Å². The van der Waals surface area contributed by atoms with Crippen molar-refractivity contribution in [2.24, 2.45) is 5.92 Å². The molecule has 0 aliphatic carbocycles. The van der Waals surface area contributed by atoms with Gasteiger partial charge in [-0.15, -0.1) is 0 Å². The molecule has 4 rings (SSSR count). The van der Waals surface area contributed by atoms with Gasteiger partial charge in [-0.05, 0) is 49.4 Å². The number of aliphatic carboxylic acids is 1. The number of fused-ring (bicyclic) bond motifs is 1. The van der Waals surface area contributed by atoms with Gasteiger partial charge in [0.1, 0.15) is 0 Å². The normalized spacial score (nSPS) is 16.7. The van der Waals surface area contributed by atoms with E-state index < -0.39 is 5.97 Å². The molecule has 2 aromatic heterocycles. The van der Waals surface area contributed by atoms with Crippen LogP contribution in [0, 0.1) is 5.92 Å². The van der Waals surface area contributed by atoms with Crippen molar-refractivity contribution < 1.29 is 14.7 Å². The highest BCUT2D eigenvalue weighted by molar-refractivity contribution is 6.07. The van der Waals surface area contributed by atoms with Gasteiger partial charge in [0.2, 0.25) is 0 Å². The fourth-order valence-electron chi connectivity index (χ4n) is 4.00. The van der Waals surface area contributed by atoms with E-state index in [4.69, 9.17) is 10.1 Å². The summed E-state index contributed by atoms with van der Waals surface area (Å²) in [6, 6.07) is 13.3. The second kappa shape index (κ2) is 8.39. The van der Waals surface area contributed by atoms with Gasteiger partial charge in [-0.1, -0.05) is 18.2 Å². The highest BCUT2D eigenvalue weighted by atomic mass is 16.4. The Kier molecular flexibility index (Phi) is 5.51. The molecule has 1 unspecified atom stereocenters. The number of amides is 1. The Hall–Kier alpha value is -3.28. The van der Waals surface area contributed by atoms with Gasteiger partial charge < -0.3 is 10.0 Å². The van der Waals surface area contributed by atoms with E-state index in [1.54, 1.807) is 12.4 Å². The molecule has 3 heterocycles.